The minimum Gasteiger partial charge on any atom is -0.348 e. The number of carbonyl (C=O) groups excluding carboxylic acids is 3. The molecule has 2 N–H and O–H groups in total. The summed E-state index contributed by atoms with van der Waals surface area (Å²) < 4.78 is 0.765. The van der Waals surface area contributed by atoms with E-state index >= 15 is 0 Å². The smallest absolute Gasteiger partial charge is 0.243 e. The number of hydrogen-bond donors (Lipinski definition) is 2. The van der Waals surface area contributed by atoms with E-state index in [1.807, 2.05) is 12.1 Å². The molecule has 0 aromatic heterocycles. The third kappa shape index (κ3) is 7.25. The fraction of sp³-hybridized carbons (Fsp3) is 0.400. The number of nitrogens with one attached hydrogen (secondary N) is 2. The lowest BCUT2D eigenvalue weighted by Crippen LogP contribution is -2.42. The lowest BCUT2D eigenvalue weighted by atomic mass is 10.3. The van der Waals surface area contributed by atoms with Crippen LogP contribution in [0.25, 0.3) is 0 Å². The topological polar surface area (TPSA) is 81.8 Å². The van der Waals surface area contributed by atoms with Crippen molar-refractivity contribution >= 4 is 39.3 Å². The first-order chi connectivity index (χ1) is 10.8. The van der Waals surface area contributed by atoms with Crippen LogP contribution in [0.5, 0.6) is 0 Å². The number of hydrogen-bond acceptors (Lipinski definition) is 4. The average molecular weight is 385 g/mol. The molecule has 3 amide bonds. The molecule has 0 aliphatic rings. The van der Waals surface area contributed by atoms with Gasteiger partial charge in [-0.1, -0.05) is 12.1 Å². The summed E-state index contributed by atoms with van der Waals surface area (Å²) in [6, 6.07) is 7.21. The van der Waals surface area contributed by atoms with E-state index in [9.17, 15) is 14.4 Å². The van der Waals surface area contributed by atoms with Gasteiger partial charge in [0, 0.05) is 18.6 Å². The van der Waals surface area contributed by atoms with Crippen LogP contribution in [0.4, 0.5) is 5.69 Å². The second-order valence-corrected chi connectivity index (χ2v) is 6.12. The fourth-order valence-corrected chi connectivity index (χ4v) is 2.05. The quantitative estimate of drug-likeness (QED) is 0.717. The number of nitrogens with zero attached hydrogens (tertiary/aromatic N) is 2. The first-order valence-electron chi connectivity index (χ1n) is 6.99. The molecule has 0 radical (unpaired) electrons. The number of amides is 3. The van der Waals surface area contributed by atoms with Gasteiger partial charge in [0.1, 0.15) is 0 Å². The van der Waals surface area contributed by atoms with Crippen LogP contribution < -0.4 is 10.6 Å². The van der Waals surface area contributed by atoms with Crippen molar-refractivity contribution in [2.45, 2.75) is 0 Å². The Morgan fingerprint density at radius 1 is 1.04 bits per heavy atom. The molecule has 23 heavy (non-hydrogen) atoms. The monoisotopic (exact) mass is 384 g/mol. The third-order valence-electron chi connectivity index (χ3n) is 2.91. The molecule has 7 nitrogen and oxygen atoms in total. The summed E-state index contributed by atoms with van der Waals surface area (Å²) in [6.45, 7) is 0.0567. The summed E-state index contributed by atoms with van der Waals surface area (Å²) in [4.78, 5) is 38.1. The van der Waals surface area contributed by atoms with Crippen molar-refractivity contribution in [3.63, 3.8) is 0 Å². The molecule has 0 fully saturated rings. The Bertz CT molecular complexity index is 578. The van der Waals surface area contributed by atoms with Crippen LogP contribution in [0, 0.1) is 0 Å². The predicted molar refractivity (Wildman–Crippen MR) is 92.0 cm³/mol. The van der Waals surface area contributed by atoms with Gasteiger partial charge in [0.2, 0.25) is 17.7 Å². The molecule has 8 heteroatoms. The summed E-state index contributed by atoms with van der Waals surface area (Å²) in [5, 5.41) is 5.21. The predicted octanol–water partition coefficient (Wildman–Crippen LogP) is 0.524. The van der Waals surface area contributed by atoms with Gasteiger partial charge in [0.05, 0.1) is 25.3 Å². The molecule has 0 aliphatic carbocycles. The maximum atomic E-state index is 11.8. The minimum atomic E-state index is -0.322. The number of benzene rings is 1. The van der Waals surface area contributed by atoms with Gasteiger partial charge >= 0.3 is 0 Å². The Morgan fingerprint density at radius 3 is 2.30 bits per heavy atom. The second-order valence-electron chi connectivity index (χ2n) is 5.27. The van der Waals surface area contributed by atoms with E-state index < -0.39 is 0 Å². The van der Waals surface area contributed by atoms with Crippen LogP contribution in [0.3, 0.4) is 0 Å². The Balaban J connectivity index is 2.34. The summed E-state index contributed by atoms with van der Waals surface area (Å²) in [7, 11) is 4.98. The molecular formula is C15H21BrN4O3. The second kappa shape index (κ2) is 9.26. The largest absolute Gasteiger partial charge is 0.348 e. The van der Waals surface area contributed by atoms with E-state index in [0.717, 1.165) is 4.47 Å². The van der Waals surface area contributed by atoms with Crippen LogP contribution in [0.15, 0.2) is 28.7 Å². The lowest BCUT2D eigenvalue weighted by Gasteiger charge is -2.18. The highest BCUT2D eigenvalue weighted by Crippen LogP contribution is 2.20. The normalized spacial score (nSPS) is 10.3. The highest BCUT2D eigenvalue weighted by Gasteiger charge is 2.13. The minimum absolute atomic E-state index is 0.0435. The summed E-state index contributed by atoms with van der Waals surface area (Å²) in [6.07, 6.45) is 0. The van der Waals surface area contributed by atoms with Gasteiger partial charge in [-0.25, -0.2) is 0 Å². The molecule has 1 aromatic carbocycles. The highest BCUT2D eigenvalue weighted by atomic mass is 79.9. The third-order valence-corrected chi connectivity index (χ3v) is 3.60. The molecule has 126 valence electrons. The van der Waals surface area contributed by atoms with Crippen molar-refractivity contribution in [1.29, 1.82) is 0 Å². The summed E-state index contributed by atoms with van der Waals surface area (Å²) in [5.74, 6) is -0.731. The highest BCUT2D eigenvalue weighted by molar-refractivity contribution is 9.10. The maximum Gasteiger partial charge on any atom is 0.243 e. The lowest BCUT2D eigenvalue weighted by molar-refractivity contribution is -0.130. The molecule has 1 rings (SSSR count). The van der Waals surface area contributed by atoms with E-state index in [-0.39, 0.29) is 37.4 Å². The van der Waals surface area contributed by atoms with Crippen molar-refractivity contribution in [1.82, 2.24) is 15.1 Å². The van der Waals surface area contributed by atoms with Crippen LogP contribution in [0.1, 0.15) is 0 Å². The standard InChI is InChI=1S/C15H21BrN4O3/c1-19(2)15(23)10-20(3)9-14(22)17-8-13(21)18-12-7-5-4-6-11(12)16/h4-7H,8-10H2,1-3H3,(H,17,22)(H,18,21). The number of rotatable bonds is 7. The first-order valence-corrected chi connectivity index (χ1v) is 7.78. The molecular weight excluding hydrogens is 364 g/mol. The summed E-state index contributed by atoms with van der Waals surface area (Å²) in [5.41, 5.74) is 0.639. The molecule has 0 aliphatic heterocycles. The molecule has 0 atom stereocenters. The van der Waals surface area contributed by atoms with Crippen molar-refractivity contribution in [3.8, 4) is 0 Å². The molecule has 0 saturated heterocycles. The van der Waals surface area contributed by atoms with Crippen molar-refractivity contribution in [2.24, 2.45) is 0 Å². The Morgan fingerprint density at radius 2 is 1.70 bits per heavy atom. The maximum absolute atomic E-state index is 11.8. The van der Waals surface area contributed by atoms with Crippen LogP contribution >= 0.6 is 15.9 Å². The molecule has 0 spiro atoms. The molecule has 0 unspecified atom stereocenters. The van der Waals surface area contributed by atoms with Crippen LogP contribution in [0.2, 0.25) is 0 Å². The van der Waals surface area contributed by atoms with Gasteiger partial charge in [0.15, 0.2) is 0 Å². The number of halogens is 1. The van der Waals surface area contributed by atoms with E-state index in [1.54, 1.807) is 38.2 Å². The zero-order valence-corrected chi connectivity index (χ0v) is 15.0. The average Bonchev–Trinajstić information content (AvgIpc) is 2.47. The zero-order chi connectivity index (χ0) is 17.4. The molecule has 0 heterocycles. The SMILES string of the molecule is CN(CC(=O)NCC(=O)Nc1ccccc1Br)CC(=O)N(C)C. The number of carbonyl (C=O) groups is 3. The van der Waals surface area contributed by atoms with E-state index in [4.69, 9.17) is 0 Å². The van der Waals surface area contributed by atoms with Crippen LogP contribution in [-0.4, -0.2) is 68.3 Å². The zero-order valence-electron chi connectivity index (χ0n) is 13.4. The Labute approximate surface area is 144 Å². The van der Waals surface area contributed by atoms with E-state index in [1.165, 1.54) is 4.90 Å². The van der Waals surface area contributed by atoms with Gasteiger partial charge in [-0.05, 0) is 35.1 Å². The van der Waals surface area contributed by atoms with E-state index in [2.05, 4.69) is 26.6 Å². The Hall–Kier alpha value is -1.93. The number of anilines is 1. The van der Waals surface area contributed by atoms with Gasteiger partial charge in [-0.15, -0.1) is 0 Å². The van der Waals surface area contributed by atoms with Crippen molar-refractivity contribution < 1.29 is 14.4 Å². The molecule has 0 saturated carbocycles. The Kier molecular flexibility index (Phi) is 7.70. The first kappa shape index (κ1) is 19.1. The molecule has 0 bridgehead atoms. The van der Waals surface area contributed by atoms with Gasteiger partial charge in [0.25, 0.3) is 0 Å². The summed E-state index contributed by atoms with van der Waals surface area (Å²) >= 11 is 3.33. The van der Waals surface area contributed by atoms with Crippen molar-refractivity contribution in [2.75, 3.05) is 46.1 Å². The van der Waals surface area contributed by atoms with Gasteiger partial charge in [-0.3, -0.25) is 19.3 Å². The number of para-hydroxylation sites is 1. The van der Waals surface area contributed by atoms with E-state index in [0.29, 0.717) is 5.69 Å². The van der Waals surface area contributed by atoms with Crippen molar-refractivity contribution in [3.05, 3.63) is 28.7 Å². The fourth-order valence-electron chi connectivity index (χ4n) is 1.67. The molecule has 1 aromatic rings. The number of likely N-dealkylation sites (N-methyl/N-ethyl adjacent to an activating group) is 2. The van der Waals surface area contributed by atoms with Gasteiger partial charge < -0.3 is 15.5 Å². The van der Waals surface area contributed by atoms with Crippen LogP contribution in [-0.2, 0) is 14.4 Å². The van der Waals surface area contributed by atoms with Gasteiger partial charge in [-0.2, -0.15) is 0 Å².